The first-order valence-electron chi connectivity index (χ1n) is 8.04. The lowest BCUT2D eigenvalue weighted by atomic mass is 10.1. The zero-order valence-corrected chi connectivity index (χ0v) is 14.8. The molecule has 0 spiro atoms. The summed E-state index contributed by atoms with van der Waals surface area (Å²) in [5.41, 5.74) is 3.84. The van der Waals surface area contributed by atoms with Crippen molar-refractivity contribution in [3.8, 4) is 27.8 Å². The summed E-state index contributed by atoms with van der Waals surface area (Å²) in [6, 6.07) is 19.8. The van der Waals surface area contributed by atoms with Gasteiger partial charge in [-0.25, -0.2) is 14.8 Å². The highest BCUT2D eigenvalue weighted by atomic mass is 32.1. The van der Waals surface area contributed by atoms with Crippen LogP contribution in [0.25, 0.3) is 27.8 Å². The van der Waals surface area contributed by atoms with Gasteiger partial charge in [0.25, 0.3) is 0 Å². The van der Waals surface area contributed by atoms with Gasteiger partial charge < -0.3 is 5.11 Å². The molecule has 0 aliphatic carbocycles. The first-order valence-corrected chi connectivity index (χ1v) is 8.92. The molecule has 0 saturated carbocycles. The molecule has 0 bridgehead atoms. The maximum Gasteiger partial charge on any atom is 0.355 e. The lowest BCUT2D eigenvalue weighted by molar-refractivity contribution is 0.0691. The Bertz CT molecular complexity index is 1070. The summed E-state index contributed by atoms with van der Waals surface area (Å²) < 4.78 is 2.02. The van der Waals surface area contributed by atoms with E-state index in [4.69, 9.17) is 4.98 Å². The predicted octanol–water partition coefficient (Wildman–Crippen LogP) is 4.67. The van der Waals surface area contributed by atoms with E-state index in [1.807, 2.05) is 72.2 Å². The van der Waals surface area contributed by atoms with Crippen LogP contribution in [0.5, 0.6) is 0 Å². The number of benzene rings is 2. The van der Waals surface area contributed by atoms with Crippen LogP contribution < -0.4 is 0 Å². The molecule has 0 atom stereocenters. The van der Waals surface area contributed by atoms with Crippen molar-refractivity contribution < 1.29 is 9.90 Å². The van der Waals surface area contributed by atoms with Crippen molar-refractivity contribution in [2.24, 2.45) is 0 Å². The molecule has 4 aromatic rings. The maximum absolute atomic E-state index is 11.2. The highest BCUT2D eigenvalue weighted by Gasteiger charge is 2.21. The Kier molecular flexibility index (Phi) is 4.10. The Morgan fingerprint density at radius 3 is 2.27 bits per heavy atom. The Morgan fingerprint density at radius 2 is 1.65 bits per heavy atom. The molecule has 4 rings (SSSR count). The van der Waals surface area contributed by atoms with Crippen molar-refractivity contribution in [3.63, 3.8) is 0 Å². The van der Waals surface area contributed by atoms with E-state index in [0.29, 0.717) is 10.8 Å². The normalized spacial score (nSPS) is 10.8. The topological polar surface area (TPSA) is 68.0 Å². The zero-order chi connectivity index (χ0) is 18.1. The fourth-order valence-corrected chi connectivity index (χ4v) is 3.65. The number of hydrogen-bond acceptors (Lipinski definition) is 4. The molecule has 0 amide bonds. The molecule has 0 radical (unpaired) electrons. The average Bonchev–Trinajstić information content (AvgIpc) is 3.28. The summed E-state index contributed by atoms with van der Waals surface area (Å²) in [5.74, 6) is -0.393. The van der Waals surface area contributed by atoms with E-state index in [1.165, 1.54) is 11.3 Å². The van der Waals surface area contributed by atoms with Crippen molar-refractivity contribution in [2.45, 2.75) is 6.92 Å². The van der Waals surface area contributed by atoms with Gasteiger partial charge in [0, 0.05) is 22.3 Å². The molecule has 0 fully saturated rings. The van der Waals surface area contributed by atoms with Gasteiger partial charge in [0.05, 0.1) is 5.69 Å². The van der Waals surface area contributed by atoms with E-state index in [2.05, 4.69) is 4.98 Å². The van der Waals surface area contributed by atoms with Crippen LogP contribution >= 0.6 is 11.3 Å². The van der Waals surface area contributed by atoms with Gasteiger partial charge in [-0.2, -0.15) is 0 Å². The molecule has 1 N–H and O–H groups in total. The van der Waals surface area contributed by atoms with E-state index in [0.717, 1.165) is 22.6 Å². The average molecular weight is 361 g/mol. The van der Waals surface area contributed by atoms with Gasteiger partial charge in [-0.3, -0.25) is 4.57 Å². The van der Waals surface area contributed by atoms with E-state index in [1.54, 1.807) is 5.38 Å². The molecule has 0 saturated heterocycles. The molecule has 128 valence electrons. The van der Waals surface area contributed by atoms with Crippen molar-refractivity contribution >= 4 is 17.3 Å². The summed E-state index contributed by atoms with van der Waals surface area (Å²) in [6.07, 6.45) is 0. The van der Waals surface area contributed by atoms with Crippen LogP contribution in [-0.4, -0.2) is 25.6 Å². The number of rotatable bonds is 4. The van der Waals surface area contributed by atoms with Crippen molar-refractivity contribution in [1.82, 2.24) is 14.5 Å². The van der Waals surface area contributed by atoms with Crippen LogP contribution in [0, 0.1) is 6.92 Å². The van der Waals surface area contributed by atoms with Crippen LogP contribution in [0.2, 0.25) is 0 Å². The van der Waals surface area contributed by atoms with Crippen molar-refractivity contribution in [2.75, 3.05) is 0 Å². The number of hydrogen-bond donors (Lipinski definition) is 1. The Labute approximate surface area is 154 Å². The number of thiazole rings is 1. The molecule has 0 aliphatic heterocycles. The van der Waals surface area contributed by atoms with Crippen LogP contribution in [-0.2, 0) is 0 Å². The van der Waals surface area contributed by atoms with Gasteiger partial charge in [-0.05, 0) is 19.1 Å². The smallest absolute Gasteiger partial charge is 0.355 e. The molecule has 5 nitrogen and oxygen atoms in total. The molecule has 0 aliphatic rings. The van der Waals surface area contributed by atoms with Crippen LogP contribution in [0.3, 0.4) is 0 Å². The number of carboxylic acid groups (broad SMARTS) is 1. The molecule has 2 aromatic carbocycles. The summed E-state index contributed by atoms with van der Waals surface area (Å²) in [4.78, 5) is 20.3. The summed E-state index contributed by atoms with van der Waals surface area (Å²) in [7, 11) is 0. The molecule has 26 heavy (non-hydrogen) atoms. The second-order valence-electron chi connectivity index (χ2n) is 5.75. The third kappa shape index (κ3) is 2.80. The summed E-state index contributed by atoms with van der Waals surface area (Å²) in [6.45, 7) is 2.01. The minimum Gasteiger partial charge on any atom is -0.476 e. The molecular weight excluding hydrogens is 346 g/mol. The van der Waals surface area contributed by atoms with E-state index < -0.39 is 5.97 Å². The zero-order valence-electron chi connectivity index (χ0n) is 14.0. The van der Waals surface area contributed by atoms with Gasteiger partial charge in [-0.15, -0.1) is 11.3 Å². The van der Waals surface area contributed by atoms with Gasteiger partial charge in [-0.1, -0.05) is 48.5 Å². The lowest BCUT2D eigenvalue weighted by Crippen LogP contribution is -2.00. The molecule has 2 heterocycles. The highest BCUT2D eigenvalue weighted by Crippen LogP contribution is 2.33. The first-order chi connectivity index (χ1) is 12.6. The number of nitrogens with zero attached hydrogens (tertiary/aromatic N) is 3. The molecule has 0 unspecified atom stereocenters. The quantitative estimate of drug-likeness (QED) is 0.573. The summed E-state index contributed by atoms with van der Waals surface area (Å²) >= 11 is 1.28. The number of aromatic carboxylic acids is 1. The molecule has 2 aromatic heterocycles. The first kappa shape index (κ1) is 16.2. The molecule has 6 heteroatoms. The van der Waals surface area contributed by atoms with Crippen LogP contribution in [0.4, 0.5) is 0 Å². The van der Waals surface area contributed by atoms with Gasteiger partial charge in [0.2, 0.25) is 0 Å². The SMILES string of the molecule is Cc1c(-c2ccccc2)nc(-c2nc(C(=O)O)cs2)n1-c1ccccc1. The number of aromatic nitrogens is 3. The number of imidazole rings is 1. The minimum atomic E-state index is -1.04. The number of carbonyl (C=O) groups is 1. The number of para-hydroxylation sites is 1. The van der Waals surface area contributed by atoms with Crippen molar-refractivity contribution in [3.05, 3.63) is 77.4 Å². The molecular formula is C20H15N3O2S. The Morgan fingerprint density at radius 1 is 1.00 bits per heavy atom. The maximum atomic E-state index is 11.2. The third-order valence-corrected chi connectivity index (χ3v) is 4.92. The fraction of sp³-hybridized carbons (Fsp3) is 0.0500. The standard InChI is InChI=1S/C20H15N3O2S/c1-13-17(14-8-4-2-5-9-14)22-18(19-21-16(12-26-19)20(24)25)23(13)15-10-6-3-7-11-15/h2-12H,1H3,(H,24,25). The fourth-order valence-electron chi connectivity index (χ4n) is 2.88. The van der Waals surface area contributed by atoms with E-state index >= 15 is 0 Å². The second-order valence-corrected chi connectivity index (χ2v) is 6.61. The van der Waals surface area contributed by atoms with Crippen molar-refractivity contribution in [1.29, 1.82) is 0 Å². The second kappa shape index (κ2) is 6.57. The van der Waals surface area contributed by atoms with Crippen LogP contribution in [0.1, 0.15) is 16.2 Å². The monoisotopic (exact) mass is 361 g/mol. The number of carboxylic acids is 1. The Hall–Kier alpha value is -3.25. The van der Waals surface area contributed by atoms with Gasteiger partial charge in [0.1, 0.15) is 0 Å². The Balaban J connectivity index is 1.96. The highest BCUT2D eigenvalue weighted by molar-refractivity contribution is 7.13. The van der Waals surface area contributed by atoms with Crippen LogP contribution in [0.15, 0.2) is 66.0 Å². The third-order valence-electron chi connectivity index (χ3n) is 4.08. The predicted molar refractivity (Wildman–Crippen MR) is 102 cm³/mol. The van der Waals surface area contributed by atoms with Gasteiger partial charge >= 0.3 is 5.97 Å². The minimum absolute atomic E-state index is 0.0338. The van der Waals surface area contributed by atoms with E-state index in [9.17, 15) is 9.90 Å². The largest absolute Gasteiger partial charge is 0.476 e. The summed E-state index contributed by atoms with van der Waals surface area (Å²) in [5, 5.41) is 11.3. The lowest BCUT2D eigenvalue weighted by Gasteiger charge is -2.08. The van der Waals surface area contributed by atoms with E-state index in [-0.39, 0.29) is 5.69 Å². The van der Waals surface area contributed by atoms with Gasteiger partial charge in [0.15, 0.2) is 16.5 Å².